The van der Waals surface area contributed by atoms with E-state index in [1.165, 1.54) is 38.3 Å². The number of nitrogens with one attached hydrogen (secondary N) is 3. The molecule has 8 nitrogen and oxygen atoms in total. The minimum atomic E-state index is -4.16. The molecule has 0 spiro atoms. The Morgan fingerprint density at radius 1 is 1.17 bits per heavy atom. The lowest BCUT2D eigenvalue weighted by Crippen LogP contribution is -2.48. The number of amides is 2. The Labute approximate surface area is 176 Å². The highest BCUT2D eigenvalue weighted by Crippen LogP contribution is 2.27. The SMILES string of the molecule is C=CCNC(=O)C(Cc1ccccc1)NS(=O)(=O)c1cc(NC(C)=O)ccc1OC. The summed E-state index contributed by atoms with van der Waals surface area (Å²) in [5.74, 6) is -0.747. The van der Waals surface area contributed by atoms with Crippen LogP contribution in [0.5, 0.6) is 5.75 Å². The molecular weight excluding hydrogens is 406 g/mol. The summed E-state index contributed by atoms with van der Waals surface area (Å²) in [4.78, 5) is 23.8. The lowest BCUT2D eigenvalue weighted by atomic mass is 10.1. The lowest BCUT2D eigenvalue weighted by Gasteiger charge is -2.20. The van der Waals surface area contributed by atoms with Gasteiger partial charge >= 0.3 is 0 Å². The van der Waals surface area contributed by atoms with Gasteiger partial charge in [0.25, 0.3) is 0 Å². The number of sulfonamides is 1. The van der Waals surface area contributed by atoms with E-state index in [0.717, 1.165) is 5.56 Å². The Morgan fingerprint density at radius 2 is 1.87 bits per heavy atom. The van der Waals surface area contributed by atoms with Crippen molar-refractivity contribution in [3.8, 4) is 5.75 Å². The van der Waals surface area contributed by atoms with Crippen LogP contribution in [0.4, 0.5) is 5.69 Å². The van der Waals surface area contributed by atoms with E-state index in [2.05, 4.69) is 21.9 Å². The maximum atomic E-state index is 13.1. The highest BCUT2D eigenvalue weighted by molar-refractivity contribution is 7.89. The van der Waals surface area contributed by atoms with Crippen molar-refractivity contribution in [1.29, 1.82) is 0 Å². The first-order valence-electron chi connectivity index (χ1n) is 9.17. The number of rotatable bonds is 10. The minimum Gasteiger partial charge on any atom is -0.495 e. The molecule has 2 aromatic rings. The minimum absolute atomic E-state index is 0.0848. The van der Waals surface area contributed by atoms with E-state index >= 15 is 0 Å². The first-order valence-corrected chi connectivity index (χ1v) is 10.7. The van der Waals surface area contributed by atoms with E-state index in [9.17, 15) is 18.0 Å². The van der Waals surface area contributed by atoms with Crippen LogP contribution in [0.3, 0.4) is 0 Å². The molecule has 0 aliphatic heterocycles. The molecule has 0 saturated heterocycles. The summed E-state index contributed by atoms with van der Waals surface area (Å²) in [6.45, 7) is 5.07. The second-order valence-corrected chi connectivity index (χ2v) is 8.13. The highest BCUT2D eigenvalue weighted by atomic mass is 32.2. The zero-order valence-electron chi connectivity index (χ0n) is 16.8. The van der Waals surface area contributed by atoms with Crippen molar-refractivity contribution >= 4 is 27.5 Å². The van der Waals surface area contributed by atoms with Gasteiger partial charge in [-0.15, -0.1) is 6.58 Å². The van der Waals surface area contributed by atoms with E-state index in [0.29, 0.717) is 5.69 Å². The Hall–Kier alpha value is -3.17. The van der Waals surface area contributed by atoms with Crippen LogP contribution in [0.2, 0.25) is 0 Å². The molecule has 0 fully saturated rings. The van der Waals surface area contributed by atoms with Gasteiger partial charge in [-0.25, -0.2) is 8.42 Å². The predicted octanol–water partition coefficient (Wildman–Crippen LogP) is 1.85. The van der Waals surface area contributed by atoms with Gasteiger partial charge in [-0.3, -0.25) is 9.59 Å². The van der Waals surface area contributed by atoms with Crippen LogP contribution in [0, 0.1) is 0 Å². The maximum absolute atomic E-state index is 13.1. The predicted molar refractivity (Wildman–Crippen MR) is 115 cm³/mol. The summed E-state index contributed by atoms with van der Waals surface area (Å²) >= 11 is 0. The standard InChI is InChI=1S/C21H25N3O5S/c1-4-12-22-21(26)18(13-16-8-6-5-7-9-16)24-30(27,28)20-14-17(23-15(2)25)10-11-19(20)29-3/h4-11,14,18,24H,1,12-13H2,2-3H3,(H,22,26)(H,23,25). The summed E-state index contributed by atoms with van der Waals surface area (Å²) in [5.41, 5.74) is 1.08. The highest BCUT2D eigenvalue weighted by Gasteiger charge is 2.28. The van der Waals surface area contributed by atoms with E-state index in [-0.39, 0.29) is 29.5 Å². The second kappa shape index (κ2) is 10.6. The van der Waals surface area contributed by atoms with E-state index < -0.39 is 22.0 Å². The summed E-state index contributed by atoms with van der Waals surface area (Å²) < 4.78 is 33.9. The molecule has 160 valence electrons. The normalized spacial score (nSPS) is 11.9. The third-order valence-corrected chi connectivity index (χ3v) is 5.58. The van der Waals surface area contributed by atoms with Crippen molar-refractivity contribution in [3.05, 3.63) is 66.7 Å². The molecule has 0 aliphatic carbocycles. The van der Waals surface area contributed by atoms with Gasteiger partial charge in [0.15, 0.2) is 0 Å². The molecule has 0 aliphatic rings. The van der Waals surface area contributed by atoms with Gasteiger partial charge in [0.05, 0.1) is 7.11 Å². The summed E-state index contributed by atoms with van der Waals surface area (Å²) in [6, 6.07) is 12.2. The van der Waals surface area contributed by atoms with Gasteiger partial charge < -0.3 is 15.4 Å². The summed E-state index contributed by atoms with van der Waals surface area (Å²) in [7, 11) is -2.83. The molecule has 9 heteroatoms. The van der Waals surface area contributed by atoms with Gasteiger partial charge in [0, 0.05) is 19.2 Å². The number of benzene rings is 2. The fourth-order valence-corrected chi connectivity index (χ4v) is 4.14. The zero-order valence-corrected chi connectivity index (χ0v) is 17.7. The van der Waals surface area contributed by atoms with Crippen LogP contribution < -0.4 is 20.1 Å². The number of hydrogen-bond donors (Lipinski definition) is 3. The Morgan fingerprint density at radius 3 is 2.47 bits per heavy atom. The van der Waals surface area contributed by atoms with Gasteiger partial charge in [-0.05, 0) is 30.2 Å². The van der Waals surface area contributed by atoms with Gasteiger partial charge in [0.1, 0.15) is 16.7 Å². The van der Waals surface area contributed by atoms with Crippen molar-refractivity contribution in [3.63, 3.8) is 0 Å². The largest absolute Gasteiger partial charge is 0.495 e. The molecule has 1 unspecified atom stereocenters. The van der Waals surface area contributed by atoms with Crippen LogP contribution in [-0.2, 0) is 26.0 Å². The van der Waals surface area contributed by atoms with E-state index in [1.54, 1.807) is 12.1 Å². The molecule has 0 aromatic heterocycles. The molecule has 2 amide bonds. The molecule has 30 heavy (non-hydrogen) atoms. The van der Waals surface area contributed by atoms with Crippen LogP contribution in [0.15, 0.2) is 66.1 Å². The third kappa shape index (κ3) is 6.43. The van der Waals surface area contributed by atoms with E-state index in [4.69, 9.17) is 4.74 Å². The lowest BCUT2D eigenvalue weighted by molar-refractivity contribution is -0.122. The van der Waals surface area contributed by atoms with Crippen LogP contribution in [-0.4, -0.2) is 39.9 Å². The van der Waals surface area contributed by atoms with Crippen molar-refractivity contribution in [2.75, 3.05) is 19.0 Å². The molecule has 0 saturated carbocycles. The Balaban J connectivity index is 2.38. The first kappa shape index (κ1) is 23.1. The number of ether oxygens (including phenoxy) is 1. The monoisotopic (exact) mass is 431 g/mol. The van der Waals surface area contributed by atoms with Crippen molar-refractivity contribution in [2.45, 2.75) is 24.3 Å². The van der Waals surface area contributed by atoms with Gasteiger partial charge in [-0.2, -0.15) is 4.72 Å². The van der Waals surface area contributed by atoms with Crippen LogP contribution in [0.25, 0.3) is 0 Å². The van der Waals surface area contributed by atoms with Crippen molar-refractivity contribution < 1.29 is 22.7 Å². The molecular formula is C21H25N3O5S. The number of anilines is 1. The Bertz CT molecular complexity index is 1010. The van der Waals surface area contributed by atoms with Crippen molar-refractivity contribution in [2.24, 2.45) is 0 Å². The fourth-order valence-electron chi connectivity index (χ4n) is 2.75. The number of carbonyl (C=O) groups excluding carboxylic acids is 2. The quantitative estimate of drug-likeness (QED) is 0.497. The summed E-state index contributed by atoms with van der Waals surface area (Å²) in [5, 5.41) is 5.16. The van der Waals surface area contributed by atoms with E-state index in [1.807, 2.05) is 18.2 Å². The number of carbonyl (C=O) groups is 2. The number of hydrogen-bond acceptors (Lipinski definition) is 5. The Kier molecular flexibility index (Phi) is 8.14. The summed E-state index contributed by atoms with van der Waals surface area (Å²) in [6.07, 6.45) is 1.66. The topological polar surface area (TPSA) is 114 Å². The first-order chi connectivity index (χ1) is 14.3. The smallest absolute Gasteiger partial charge is 0.245 e. The van der Waals surface area contributed by atoms with Gasteiger partial charge in [-0.1, -0.05) is 36.4 Å². The molecule has 2 rings (SSSR count). The third-order valence-electron chi connectivity index (χ3n) is 4.09. The second-order valence-electron chi connectivity index (χ2n) is 6.44. The molecule has 2 aromatic carbocycles. The fraction of sp³-hybridized carbons (Fsp3) is 0.238. The number of methoxy groups -OCH3 is 1. The molecule has 3 N–H and O–H groups in total. The molecule has 0 heterocycles. The zero-order chi connectivity index (χ0) is 22.1. The average Bonchev–Trinajstić information content (AvgIpc) is 2.71. The molecule has 0 bridgehead atoms. The molecule has 1 atom stereocenters. The maximum Gasteiger partial charge on any atom is 0.245 e. The van der Waals surface area contributed by atoms with Gasteiger partial charge in [0.2, 0.25) is 21.8 Å². The van der Waals surface area contributed by atoms with Crippen LogP contribution >= 0.6 is 0 Å². The van der Waals surface area contributed by atoms with Crippen LogP contribution in [0.1, 0.15) is 12.5 Å². The average molecular weight is 432 g/mol. The molecule has 0 radical (unpaired) electrons. The van der Waals surface area contributed by atoms with Crippen molar-refractivity contribution in [1.82, 2.24) is 10.0 Å².